The Labute approximate surface area is 184 Å². The van der Waals surface area contributed by atoms with Gasteiger partial charge in [-0.25, -0.2) is 15.0 Å². The Morgan fingerprint density at radius 3 is 2.67 bits per heavy atom. The number of benzene rings is 1. The van der Waals surface area contributed by atoms with Crippen molar-refractivity contribution in [1.29, 1.82) is 0 Å². The molecule has 1 aromatic carbocycles. The lowest BCUT2D eigenvalue weighted by molar-refractivity contribution is 0.999. The molecule has 4 heterocycles. The van der Waals surface area contributed by atoms with E-state index in [0.717, 1.165) is 31.1 Å². The first-order valence-electron chi connectivity index (χ1n) is 9.22. The molecule has 0 amide bonds. The quantitative estimate of drug-likeness (QED) is 0.290. The molecule has 0 unspecified atom stereocenters. The molecule has 3 N–H and O–H groups in total. The number of anilines is 1. The summed E-state index contributed by atoms with van der Waals surface area (Å²) in [5.74, 6) is 1.53. The van der Waals surface area contributed by atoms with Crippen molar-refractivity contribution in [3.63, 3.8) is 0 Å². The minimum atomic E-state index is -0.121. The maximum atomic E-state index is 12.9. The highest BCUT2D eigenvalue weighted by Gasteiger charge is 2.17. The average Bonchev–Trinajstić information content (AvgIpc) is 3.31. The van der Waals surface area contributed by atoms with E-state index < -0.39 is 0 Å². The predicted molar refractivity (Wildman–Crippen MR) is 127 cm³/mol. The number of fused-ring (bicyclic) bond motifs is 2. The fourth-order valence-electron chi connectivity index (χ4n) is 3.36. The topological polar surface area (TPSA) is 97.5 Å². The normalized spacial score (nSPS) is 11.5. The standard InChI is InChI=1S/C21H17N5OS3/c1-10-3-5-12(6-4-10)15-11(2)30-20-16(15)18(27)23-14(24-20)9-29-21-25-17(22)13-7-8-28-19(13)26-21/h3-8H,9H2,1-2H3,(H2,22,25,26)(H,23,24,27). The molecule has 4 aromatic heterocycles. The zero-order chi connectivity index (χ0) is 20.8. The van der Waals surface area contributed by atoms with Gasteiger partial charge in [0.05, 0.1) is 16.5 Å². The molecule has 0 aliphatic carbocycles. The number of nitrogen functional groups attached to an aromatic ring is 1. The third-order valence-corrected chi connectivity index (χ3v) is 7.46. The number of hydrogen-bond donors (Lipinski definition) is 2. The van der Waals surface area contributed by atoms with Crippen LogP contribution in [0.4, 0.5) is 5.82 Å². The van der Waals surface area contributed by atoms with E-state index >= 15 is 0 Å². The van der Waals surface area contributed by atoms with E-state index in [4.69, 9.17) is 10.7 Å². The molecule has 6 nitrogen and oxygen atoms in total. The second-order valence-corrected chi connectivity index (χ2v) is 9.95. The minimum absolute atomic E-state index is 0.121. The molecule has 0 fully saturated rings. The second-order valence-electron chi connectivity index (χ2n) is 6.91. The van der Waals surface area contributed by atoms with Crippen LogP contribution in [0, 0.1) is 13.8 Å². The Morgan fingerprint density at radius 1 is 1.07 bits per heavy atom. The Balaban J connectivity index is 1.49. The summed E-state index contributed by atoms with van der Waals surface area (Å²) in [5, 5.41) is 4.04. The molecule has 150 valence electrons. The zero-order valence-electron chi connectivity index (χ0n) is 16.2. The molecule has 30 heavy (non-hydrogen) atoms. The van der Waals surface area contributed by atoms with Crippen LogP contribution in [0.15, 0.2) is 45.7 Å². The van der Waals surface area contributed by atoms with E-state index in [1.807, 2.05) is 25.3 Å². The van der Waals surface area contributed by atoms with Crippen LogP contribution in [-0.2, 0) is 5.75 Å². The van der Waals surface area contributed by atoms with Gasteiger partial charge >= 0.3 is 0 Å². The first-order valence-corrected chi connectivity index (χ1v) is 11.9. The van der Waals surface area contributed by atoms with Crippen molar-refractivity contribution in [2.24, 2.45) is 0 Å². The van der Waals surface area contributed by atoms with Gasteiger partial charge in [0.15, 0.2) is 5.16 Å². The van der Waals surface area contributed by atoms with Crippen molar-refractivity contribution in [3.05, 3.63) is 62.3 Å². The molecule has 0 saturated carbocycles. The lowest BCUT2D eigenvalue weighted by Gasteiger charge is -2.04. The number of thioether (sulfide) groups is 1. The Hall–Kier alpha value is -2.75. The number of aromatic nitrogens is 4. The number of aryl methyl sites for hydroxylation is 2. The first kappa shape index (κ1) is 19.2. The molecule has 5 rings (SSSR count). The van der Waals surface area contributed by atoms with Gasteiger partial charge in [-0.15, -0.1) is 22.7 Å². The van der Waals surface area contributed by atoms with Gasteiger partial charge < -0.3 is 10.7 Å². The van der Waals surface area contributed by atoms with E-state index in [1.54, 1.807) is 11.3 Å². The van der Waals surface area contributed by atoms with Gasteiger partial charge in [-0.05, 0) is 30.9 Å². The molecule has 9 heteroatoms. The van der Waals surface area contributed by atoms with Crippen LogP contribution in [0.1, 0.15) is 16.3 Å². The molecule has 0 aliphatic rings. The van der Waals surface area contributed by atoms with Gasteiger partial charge in [-0.1, -0.05) is 41.6 Å². The van der Waals surface area contributed by atoms with Crippen LogP contribution in [0.25, 0.3) is 31.6 Å². The smallest absolute Gasteiger partial charge is 0.260 e. The summed E-state index contributed by atoms with van der Waals surface area (Å²) in [6.07, 6.45) is 0. The van der Waals surface area contributed by atoms with Crippen molar-refractivity contribution in [2.75, 3.05) is 5.73 Å². The fourth-order valence-corrected chi connectivity index (χ4v) is 5.97. The maximum absolute atomic E-state index is 12.9. The van der Waals surface area contributed by atoms with Crippen molar-refractivity contribution < 1.29 is 0 Å². The molecule has 5 aromatic rings. The molecule has 0 saturated heterocycles. The van der Waals surface area contributed by atoms with E-state index in [2.05, 4.69) is 39.2 Å². The highest BCUT2D eigenvalue weighted by atomic mass is 32.2. The molecule has 0 bridgehead atoms. The first-order chi connectivity index (χ1) is 14.5. The third kappa shape index (κ3) is 3.38. The van der Waals surface area contributed by atoms with Crippen LogP contribution in [-0.4, -0.2) is 19.9 Å². The van der Waals surface area contributed by atoms with Crippen molar-refractivity contribution in [1.82, 2.24) is 19.9 Å². The van der Waals surface area contributed by atoms with Crippen molar-refractivity contribution >= 4 is 60.7 Å². The zero-order valence-corrected chi connectivity index (χ0v) is 18.7. The number of nitrogens with one attached hydrogen (secondary N) is 1. The van der Waals surface area contributed by atoms with Gasteiger partial charge in [-0.2, -0.15) is 0 Å². The van der Waals surface area contributed by atoms with E-state index in [0.29, 0.717) is 27.9 Å². The number of aromatic amines is 1. The number of rotatable bonds is 4. The Morgan fingerprint density at radius 2 is 1.87 bits per heavy atom. The van der Waals surface area contributed by atoms with Crippen LogP contribution in [0.3, 0.4) is 0 Å². The summed E-state index contributed by atoms with van der Waals surface area (Å²) in [7, 11) is 0. The summed E-state index contributed by atoms with van der Waals surface area (Å²) in [4.78, 5) is 32.2. The second kappa shape index (κ2) is 7.50. The van der Waals surface area contributed by atoms with E-state index in [-0.39, 0.29) is 5.56 Å². The third-order valence-electron chi connectivity index (χ3n) is 4.80. The summed E-state index contributed by atoms with van der Waals surface area (Å²) >= 11 is 4.48. The number of nitrogens with two attached hydrogens (primary N) is 1. The molecule has 0 atom stereocenters. The van der Waals surface area contributed by atoms with Crippen molar-refractivity contribution in [2.45, 2.75) is 24.8 Å². The van der Waals surface area contributed by atoms with E-state index in [9.17, 15) is 4.79 Å². The molecular weight excluding hydrogens is 434 g/mol. The van der Waals surface area contributed by atoms with Crippen LogP contribution in [0.5, 0.6) is 0 Å². The van der Waals surface area contributed by atoms with Crippen LogP contribution < -0.4 is 11.3 Å². The molecule has 0 aliphatic heterocycles. The Kier molecular flexibility index (Phi) is 4.80. The SMILES string of the molecule is Cc1ccc(-c2c(C)sc3nc(CSc4nc(N)c5ccsc5n4)[nH]c(=O)c23)cc1. The van der Waals surface area contributed by atoms with Gasteiger partial charge in [0.1, 0.15) is 21.3 Å². The number of thiophene rings is 2. The van der Waals surface area contributed by atoms with Crippen LogP contribution in [0.2, 0.25) is 0 Å². The molecular formula is C21H17N5OS3. The van der Waals surface area contributed by atoms with Gasteiger partial charge in [0, 0.05) is 10.4 Å². The van der Waals surface area contributed by atoms with Crippen molar-refractivity contribution in [3.8, 4) is 11.1 Å². The fraction of sp³-hybridized carbons (Fsp3) is 0.143. The van der Waals surface area contributed by atoms with Gasteiger partial charge in [0.25, 0.3) is 5.56 Å². The number of hydrogen-bond acceptors (Lipinski definition) is 8. The average molecular weight is 452 g/mol. The lowest BCUT2D eigenvalue weighted by atomic mass is 10.0. The van der Waals surface area contributed by atoms with Gasteiger partial charge in [0.2, 0.25) is 0 Å². The Bertz CT molecular complexity index is 1450. The highest BCUT2D eigenvalue weighted by Crippen LogP contribution is 2.36. The number of nitrogens with zero attached hydrogens (tertiary/aromatic N) is 3. The van der Waals surface area contributed by atoms with E-state index in [1.165, 1.54) is 28.7 Å². The predicted octanol–water partition coefficient (Wildman–Crippen LogP) is 5.15. The summed E-state index contributed by atoms with van der Waals surface area (Å²) < 4.78 is 0. The highest BCUT2D eigenvalue weighted by molar-refractivity contribution is 7.98. The monoisotopic (exact) mass is 451 g/mol. The van der Waals surface area contributed by atoms with Crippen LogP contribution >= 0.6 is 34.4 Å². The van der Waals surface area contributed by atoms with Gasteiger partial charge in [-0.3, -0.25) is 4.79 Å². The minimum Gasteiger partial charge on any atom is -0.383 e. The summed E-state index contributed by atoms with van der Waals surface area (Å²) in [6, 6.07) is 10.1. The largest absolute Gasteiger partial charge is 0.383 e. The maximum Gasteiger partial charge on any atom is 0.260 e. The molecule has 0 spiro atoms. The number of H-pyrrole nitrogens is 1. The molecule has 0 radical (unpaired) electrons. The summed E-state index contributed by atoms with van der Waals surface area (Å²) in [5.41, 5.74) is 9.08. The summed E-state index contributed by atoms with van der Waals surface area (Å²) in [6.45, 7) is 4.08. The lowest BCUT2D eigenvalue weighted by Crippen LogP contribution is -2.11.